The normalized spacial score (nSPS) is 10.6. The Balaban J connectivity index is 1.98. The van der Waals surface area contributed by atoms with Crippen LogP contribution in [0.25, 0.3) is 0 Å². The third-order valence-electron chi connectivity index (χ3n) is 2.87. The lowest BCUT2D eigenvalue weighted by atomic mass is 10.2. The maximum absolute atomic E-state index is 6.13. The van der Waals surface area contributed by atoms with Crippen molar-refractivity contribution in [2.24, 2.45) is 5.10 Å². The minimum Gasteiger partial charge on any atom is -0.489 e. The highest BCUT2D eigenvalue weighted by atomic mass is 35.5. The quantitative estimate of drug-likeness (QED) is 0.476. The number of rotatable bonds is 5. The van der Waals surface area contributed by atoms with E-state index >= 15 is 0 Å². The molecule has 0 bridgehead atoms. The van der Waals surface area contributed by atoms with E-state index in [1.807, 2.05) is 30.3 Å². The van der Waals surface area contributed by atoms with Crippen LogP contribution in [0.5, 0.6) is 5.75 Å². The largest absolute Gasteiger partial charge is 0.489 e. The van der Waals surface area contributed by atoms with Crippen LogP contribution in [0.4, 0.5) is 0 Å². The number of nitrogens with one attached hydrogen (secondary N) is 2. The molecule has 0 fully saturated rings. The first kappa shape index (κ1) is 17.5. The van der Waals surface area contributed by atoms with Gasteiger partial charge in [0.15, 0.2) is 5.11 Å². The summed E-state index contributed by atoms with van der Waals surface area (Å²) in [4.78, 5) is 0. The van der Waals surface area contributed by atoms with Gasteiger partial charge in [-0.25, -0.2) is 0 Å². The zero-order chi connectivity index (χ0) is 16.7. The molecule has 0 saturated heterocycles. The average Bonchev–Trinajstić information content (AvgIpc) is 2.54. The predicted molar refractivity (Wildman–Crippen MR) is 99.6 cm³/mol. The van der Waals surface area contributed by atoms with Gasteiger partial charge in [0.1, 0.15) is 12.4 Å². The van der Waals surface area contributed by atoms with Crippen molar-refractivity contribution in [3.05, 3.63) is 63.6 Å². The van der Waals surface area contributed by atoms with Crippen LogP contribution in [-0.4, -0.2) is 18.4 Å². The topological polar surface area (TPSA) is 45.7 Å². The minimum absolute atomic E-state index is 0.360. The molecule has 7 heteroatoms. The van der Waals surface area contributed by atoms with E-state index in [-0.39, 0.29) is 0 Å². The van der Waals surface area contributed by atoms with E-state index in [0.29, 0.717) is 21.8 Å². The third-order valence-corrected chi connectivity index (χ3v) is 3.76. The van der Waals surface area contributed by atoms with Crippen LogP contribution in [0.15, 0.2) is 47.6 Å². The molecule has 0 heterocycles. The highest BCUT2D eigenvalue weighted by Gasteiger charge is 2.03. The van der Waals surface area contributed by atoms with Crippen molar-refractivity contribution in [1.29, 1.82) is 0 Å². The molecule has 0 radical (unpaired) electrons. The summed E-state index contributed by atoms with van der Waals surface area (Å²) in [5.41, 5.74) is 4.45. The minimum atomic E-state index is 0.360. The van der Waals surface area contributed by atoms with E-state index in [4.69, 9.17) is 40.2 Å². The summed E-state index contributed by atoms with van der Waals surface area (Å²) in [6.45, 7) is 0.360. The van der Waals surface area contributed by atoms with Gasteiger partial charge in [-0.2, -0.15) is 5.10 Å². The van der Waals surface area contributed by atoms with Gasteiger partial charge in [-0.05, 0) is 42.0 Å². The van der Waals surface area contributed by atoms with E-state index in [9.17, 15) is 0 Å². The van der Waals surface area contributed by atoms with Crippen LogP contribution >= 0.6 is 35.4 Å². The lowest BCUT2D eigenvalue weighted by Crippen LogP contribution is -2.28. The lowest BCUT2D eigenvalue weighted by Gasteiger charge is -2.08. The smallest absolute Gasteiger partial charge is 0.186 e. The number of hydrogen-bond donors (Lipinski definition) is 2. The van der Waals surface area contributed by atoms with Crippen molar-refractivity contribution >= 4 is 46.7 Å². The SMILES string of the molecule is CNC(=S)N/N=C/c1cccc(OCc2ccc(Cl)cc2Cl)c1. The van der Waals surface area contributed by atoms with Gasteiger partial charge in [-0.15, -0.1) is 0 Å². The molecule has 0 aliphatic heterocycles. The predicted octanol–water partition coefficient (Wildman–Crippen LogP) is 4.00. The summed E-state index contributed by atoms with van der Waals surface area (Å²) in [5, 5.41) is 8.43. The summed E-state index contributed by atoms with van der Waals surface area (Å²) in [7, 11) is 1.72. The first-order chi connectivity index (χ1) is 11.1. The van der Waals surface area contributed by atoms with Gasteiger partial charge in [0.25, 0.3) is 0 Å². The van der Waals surface area contributed by atoms with Gasteiger partial charge in [0.05, 0.1) is 6.21 Å². The molecule has 0 spiro atoms. The third kappa shape index (κ3) is 5.71. The Hall–Kier alpha value is -1.82. The maximum atomic E-state index is 6.13. The number of halogens is 2. The van der Waals surface area contributed by atoms with Gasteiger partial charge < -0.3 is 10.1 Å². The highest BCUT2D eigenvalue weighted by molar-refractivity contribution is 7.80. The molecule has 4 nitrogen and oxygen atoms in total. The molecule has 0 unspecified atom stereocenters. The van der Waals surface area contributed by atoms with Crippen molar-refractivity contribution < 1.29 is 4.74 Å². The van der Waals surface area contributed by atoms with Crippen LogP contribution < -0.4 is 15.5 Å². The zero-order valence-electron chi connectivity index (χ0n) is 12.3. The number of hydrogen-bond acceptors (Lipinski definition) is 3. The van der Waals surface area contributed by atoms with Crippen molar-refractivity contribution in [3.8, 4) is 5.75 Å². The number of nitrogens with zero attached hydrogens (tertiary/aromatic N) is 1. The van der Waals surface area contributed by atoms with E-state index in [0.717, 1.165) is 16.9 Å². The number of hydrazone groups is 1. The van der Waals surface area contributed by atoms with Crippen molar-refractivity contribution in [2.45, 2.75) is 6.61 Å². The van der Waals surface area contributed by atoms with E-state index < -0.39 is 0 Å². The van der Waals surface area contributed by atoms with Gasteiger partial charge in [-0.3, -0.25) is 5.43 Å². The summed E-state index contributed by atoms with van der Waals surface area (Å²) in [6.07, 6.45) is 1.66. The van der Waals surface area contributed by atoms with Crippen molar-refractivity contribution in [3.63, 3.8) is 0 Å². The average molecular weight is 368 g/mol. The molecule has 23 heavy (non-hydrogen) atoms. The first-order valence-corrected chi connectivity index (χ1v) is 7.92. The van der Waals surface area contributed by atoms with E-state index in [1.165, 1.54) is 0 Å². The van der Waals surface area contributed by atoms with Crippen LogP contribution in [0, 0.1) is 0 Å². The second-order valence-electron chi connectivity index (χ2n) is 4.55. The molecule has 0 atom stereocenters. The van der Waals surface area contributed by atoms with Gasteiger partial charge in [0.2, 0.25) is 0 Å². The molecule has 0 aromatic heterocycles. The fourth-order valence-electron chi connectivity index (χ4n) is 1.71. The Morgan fingerprint density at radius 2 is 2.09 bits per heavy atom. The van der Waals surface area contributed by atoms with Crippen LogP contribution in [0.1, 0.15) is 11.1 Å². The Morgan fingerprint density at radius 1 is 1.26 bits per heavy atom. The fourth-order valence-corrected chi connectivity index (χ4v) is 2.22. The molecule has 0 aliphatic rings. The van der Waals surface area contributed by atoms with Gasteiger partial charge in [0, 0.05) is 22.7 Å². The summed E-state index contributed by atoms with van der Waals surface area (Å²) in [5.74, 6) is 0.719. The second-order valence-corrected chi connectivity index (χ2v) is 5.80. The highest BCUT2D eigenvalue weighted by Crippen LogP contribution is 2.22. The van der Waals surface area contributed by atoms with Crippen LogP contribution in [0.2, 0.25) is 10.0 Å². The molecule has 0 aliphatic carbocycles. The van der Waals surface area contributed by atoms with Crippen LogP contribution in [-0.2, 0) is 6.61 Å². The standard InChI is InChI=1S/C16H15Cl2N3OS/c1-19-16(23)21-20-9-11-3-2-4-14(7-11)22-10-12-5-6-13(17)8-15(12)18/h2-9H,10H2,1H3,(H2,19,21,23)/b20-9+. The zero-order valence-corrected chi connectivity index (χ0v) is 14.7. The molecule has 2 rings (SSSR count). The van der Waals surface area contributed by atoms with Crippen molar-refractivity contribution in [2.75, 3.05) is 7.05 Å². The number of thiocarbonyl (C=S) groups is 1. The summed E-state index contributed by atoms with van der Waals surface area (Å²) >= 11 is 16.9. The second kappa shape index (κ2) is 8.72. The number of ether oxygens (including phenoxy) is 1. The summed E-state index contributed by atoms with van der Waals surface area (Å²) < 4.78 is 5.75. The van der Waals surface area contributed by atoms with E-state index in [1.54, 1.807) is 25.4 Å². The summed E-state index contributed by atoms with van der Waals surface area (Å²) in [6, 6.07) is 12.9. The van der Waals surface area contributed by atoms with Gasteiger partial charge in [-0.1, -0.05) is 41.4 Å². The molecule has 120 valence electrons. The Labute approximate surface area is 150 Å². The van der Waals surface area contributed by atoms with Crippen LogP contribution in [0.3, 0.4) is 0 Å². The van der Waals surface area contributed by atoms with Crippen molar-refractivity contribution in [1.82, 2.24) is 10.7 Å². The first-order valence-electron chi connectivity index (χ1n) is 6.76. The molecule has 0 saturated carbocycles. The molecule has 2 N–H and O–H groups in total. The Bertz CT molecular complexity index is 722. The Morgan fingerprint density at radius 3 is 2.83 bits per heavy atom. The lowest BCUT2D eigenvalue weighted by molar-refractivity contribution is 0.306. The van der Waals surface area contributed by atoms with E-state index in [2.05, 4.69) is 15.8 Å². The maximum Gasteiger partial charge on any atom is 0.186 e. The molecule has 2 aromatic rings. The number of benzene rings is 2. The molecular weight excluding hydrogens is 353 g/mol. The molecular formula is C16H15Cl2N3OS. The Kier molecular flexibility index (Phi) is 6.65. The van der Waals surface area contributed by atoms with Gasteiger partial charge >= 0.3 is 0 Å². The molecule has 2 aromatic carbocycles. The monoisotopic (exact) mass is 367 g/mol. The fraction of sp³-hybridized carbons (Fsp3) is 0.125. The molecule has 0 amide bonds.